The number of alkyl carbamates (subject to hydrolysis) is 1. The third-order valence-corrected chi connectivity index (χ3v) is 4.64. The predicted molar refractivity (Wildman–Crippen MR) is 102 cm³/mol. The van der Waals surface area contributed by atoms with Crippen molar-refractivity contribution in [2.75, 3.05) is 4.90 Å². The number of aromatic nitrogens is 1. The van der Waals surface area contributed by atoms with Crippen molar-refractivity contribution in [1.29, 1.82) is 0 Å². The van der Waals surface area contributed by atoms with E-state index < -0.39 is 11.7 Å². The minimum absolute atomic E-state index is 0.0698. The number of rotatable bonds is 3. The van der Waals surface area contributed by atoms with E-state index in [4.69, 9.17) is 14.5 Å². The van der Waals surface area contributed by atoms with Gasteiger partial charge in [-0.25, -0.2) is 9.59 Å². The second kappa shape index (κ2) is 7.37. The molecule has 0 bridgehead atoms. The standard InChI is InChI=1S/C20H29N3O4/c1-12-6-9-16-17(23(12)19(25)26-14-7-8-14)11-10-15(22-16)13(2)21-18(24)27-20(3,4)5/h10-14H,6-9H2,1-5H3,(H,21,24). The monoisotopic (exact) mass is 375 g/mol. The third kappa shape index (κ3) is 4.90. The highest BCUT2D eigenvalue weighted by Gasteiger charge is 2.34. The first kappa shape index (κ1) is 19.5. The Balaban J connectivity index is 1.73. The summed E-state index contributed by atoms with van der Waals surface area (Å²) in [6.45, 7) is 9.36. The van der Waals surface area contributed by atoms with Crippen molar-refractivity contribution >= 4 is 17.9 Å². The van der Waals surface area contributed by atoms with Gasteiger partial charge in [0.05, 0.1) is 23.1 Å². The minimum Gasteiger partial charge on any atom is -0.446 e. The molecule has 1 aromatic rings. The molecule has 1 N–H and O–H groups in total. The number of hydrogen-bond acceptors (Lipinski definition) is 5. The summed E-state index contributed by atoms with van der Waals surface area (Å²) in [6, 6.07) is 3.52. The van der Waals surface area contributed by atoms with Crippen molar-refractivity contribution in [2.24, 2.45) is 0 Å². The van der Waals surface area contributed by atoms with E-state index in [1.54, 1.807) is 4.90 Å². The van der Waals surface area contributed by atoms with Gasteiger partial charge >= 0.3 is 12.2 Å². The van der Waals surface area contributed by atoms with Gasteiger partial charge in [-0.15, -0.1) is 0 Å². The fourth-order valence-electron chi connectivity index (χ4n) is 3.09. The molecule has 2 heterocycles. The molecule has 1 aliphatic heterocycles. The van der Waals surface area contributed by atoms with Gasteiger partial charge in [0.25, 0.3) is 0 Å². The quantitative estimate of drug-likeness (QED) is 0.860. The van der Waals surface area contributed by atoms with E-state index in [0.29, 0.717) is 0 Å². The van der Waals surface area contributed by atoms with Crippen molar-refractivity contribution in [3.05, 3.63) is 23.5 Å². The van der Waals surface area contributed by atoms with Gasteiger partial charge < -0.3 is 14.8 Å². The van der Waals surface area contributed by atoms with Crippen molar-refractivity contribution < 1.29 is 19.1 Å². The molecule has 3 rings (SSSR count). The topological polar surface area (TPSA) is 80.8 Å². The second-order valence-corrected chi connectivity index (χ2v) is 8.41. The molecule has 2 unspecified atom stereocenters. The zero-order valence-electron chi connectivity index (χ0n) is 16.7. The molecule has 1 fully saturated rings. The molecule has 2 aliphatic rings. The van der Waals surface area contributed by atoms with E-state index in [0.717, 1.165) is 42.8 Å². The van der Waals surface area contributed by atoms with E-state index in [1.165, 1.54) is 0 Å². The van der Waals surface area contributed by atoms with E-state index in [1.807, 2.05) is 46.8 Å². The van der Waals surface area contributed by atoms with E-state index in [2.05, 4.69) is 5.32 Å². The molecule has 148 valence electrons. The molecule has 0 radical (unpaired) electrons. The summed E-state index contributed by atoms with van der Waals surface area (Å²) in [4.78, 5) is 30.9. The van der Waals surface area contributed by atoms with Crippen LogP contribution < -0.4 is 10.2 Å². The number of nitrogens with zero attached hydrogens (tertiary/aromatic N) is 2. The number of nitrogens with one attached hydrogen (secondary N) is 1. The van der Waals surface area contributed by atoms with Crippen LogP contribution in [0.1, 0.15) is 71.3 Å². The van der Waals surface area contributed by atoms with Gasteiger partial charge in [-0.1, -0.05) is 0 Å². The van der Waals surface area contributed by atoms with E-state index >= 15 is 0 Å². The van der Waals surface area contributed by atoms with E-state index in [9.17, 15) is 9.59 Å². The van der Waals surface area contributed by atoms with Crippen LogP contribution in [-0.4, -0.2) is 34.9 Å². The van der Waals surface area contributed by atoms with Gasteiger partial charge in [0.15, 0.2) is 0 Å². The highest BCUT2D eigenvalue weighted by atomic mass is 16.6. The maximum absolute atomic E-state index is 12.5. The Hall–Kier alpha value is -2.31. The first-order chi connectivity index (χ1) is 12.6. The smallest absolute Gasteiger partial charge is 0.414 e. The fourth-order valence-corrected chi connectivity index (χ4v) is 3.09. The largest absolute Gasteiger partial charge is 0.446 e. The Morgan fingerprint density at radius 2 is 1.96 bits per heavy atom. The minimum atomic E-state index is -0.550. The summed E-state index contributed by atoms with van der Waals surface area (Å²) in [7, 11) is 0. The molecule has 0 aromatic carbocycles. The molecular weight excluding hydrogens is 346 g/mol. The van der Waals surface area contributed by atoms with Crippen LogP contribution in [0, 0.1) is 0 Å². The normalized spacial score (nSPS) is 20.5. The number of carbonyl (C=O) groups is 2. The van der Waals surface area contributed by atoms with Crippen LogP contribution in [0.2, 0.25) is 0 Å². The number of anilines is 1. The third-order valence-electron chi connectivity index (χ3n) is 4.64. The molecule has 7 heteroatoms. The number of aryl methyl sites for hydroxylation is 1. The number of fused-ring (bicyclic) bond motifs is 1. The number of ether oxygens (including phenoxy) is 2. The average molecular weight is 375 g/mol. The zero-order chi connectivity index (χ0) is 19.8. The molecule has 1 saturated carbocycles. The number of amides is 2. The lowest BCUT2D eigenvalue weighted by molar-refractivity contribution is 0.0507. The lowest BCUT2D eigenvalue weighted by atomic mass is 10.0. The lowest BCUT2D eigenvalue weighted by Crippen LogP contribution is -2.43. The molecule has 0 saturated heterocycles. The molecule has 2 amide bonds. The molecular formula is C20H29N3O4. The summed E-state index contributed by atoms with van der Waals surface area (Å²) >= 11 is 0. The first-order valence-corrected chi connectivity index (χ1v) is 9.63. The number of carbonyl (C=O) groups excluding carboxylic acids is 2. The summed E-state index contributed by atoms with van der Waals surface area (Å²) < 4.78 is 10.8. The second-order valence-electron chi connectivity index (χ2n) is 8.41. The lowest BCUT2D eigenvalue weighted by Gasteiger charge is -2.34. The van der Waals surface area contributed by atoms with Gasteiger partial charge in [0, 0.05) is 6.04 Å². The van der Waals surface area contributed by atoms with Gasteiger partial charge in [0.1, 0.15) is 11.7 Å². The first-order valence-electron chi connectivity index (χ1n) is 9.63. The fraction of sp³-hybridized carbons (Fsp3) is 0.650. The molecule has 0 spiro atoms. The Kier molecular flexibility index (Phi) is 5.31. The Bertz CT molecular complexity index is 724. The Morgan fingerprint density at radius 3 is 2.59 bits per heavy atom. The SMILES string of the molecule is CC(NC(=O)OC(C)(C)C)c1ccc2c(n1)CCC(C)N2C(=O)OC1CC1. The van der Waals surface area contributed by atoms with Gasteiger partial charge in [-0.3, -0.25) is 9.88 Å². The number of hydrogen-bond donors (Lipinski definition) is 1. The summed E-state index contributed by atoms with van der Waals surface area (Å²) in [6.07, 6.45) is 2.82. The van der Waals surface area contributed by atoms with Crippen molar-refractivity contribution in [1.82, 2.24) is 10.3 Å². The van der Waals surface area contributed by atoms with Gasteiger partial charge in [-0.05, 0) is 72.4 Å². The maximum atomic E-state index is 12.5. The predicted octanol–water partition coefficient (Wildman–Crippen LogP) is 4.11. The van der Waals surface area contributed by atoms with Crippen molar-refractivity contribution in [3.63, 3.8) is 0 Å². The molecule has 7 nitrogen and oxygen atoms in total. The maximum Gasteiger partial charge on any atom is 0.414 e. The summed E-state index contributed by atoms with van der Waals surface area (Å²) in [5.41, 5.74) is 1.85. The van der Waals surface area contributed by atoms with Crippen LogP contribution in [0.3, 0.4) is 0 Å². The van der Waals surface area contributed by atoms with Crippen LogP contribution in [0.25, 0.3) is 0 Å². The van der Waals surface area contributed by atoms with E-state index in [-0.39, 0.29) is 24.3 Å². The van der Waals surface area contributed by atoms with Crippen LogP contribution in [-0.2, 0) is 15.9 Å². The molecule has 1 aromatic heterocycles. The summed E-state index contributed by atoms with van der Waals surface area (Å²) in [5.74, 6) is 0. The highest BCUT2D eigenvalue weighted by molar-refractivity contribution is 5.89. The molecule has 2 atom stereocenters. The van der Waals surface area contributed by atoms with Gasteiger partial charge in [0.2, 0.25) is 0 Å². The van der Waals surface area contributed by atoms with Crippen LogP contribution in [0.15, 0.2) is 12.1 Å². The average Bonchev–Trinajstić information content (AvgIpc) is 3.36. The Labute approximate surface area is 160 Å². The zero-order valence-corrected chi connectivity index (χ0v) is 16.7. The molecule has 1 aliphatic carbocycles. The number of pyridine rings is 1. The van der Waals surface area contributed by atoms with Crippen LogP contribution >= 0.6 is 0 Å². The Morgan fingerprint density at radius 1 is 1.26 bits per heavy atom. The van der Waals surface area contributed by atoms with Gasteiger partial charge in [-0.2, -0.15) is 0 Å². The van der Waals surface area contributed by atoms with Crippen LogP contribution in [0.4, 0.5) is 15.3 Å². The van der Waals surface area contributed by atoms with Crippen molar-refractivity contribution in [2.45, 2.75) is 84.1 Å². The van der Waals surface area contributed by atoms with Crippen LogP contribution in [0.5, 0.6) is 0 Å². The summed E-state index contributed by atoms with van der Waals surface area (Å²) in [5, 5.41) is 2.81. The molecule has 27 heavy (non-hydrogen) atoms. The highest BCUT2D eigenvalue weighted by Crippen LogP contribution is 2.33. The van der Waals surface area contributed by atoms with Crippen molar-refractivity contribution in [3.8, 4) is 0 Å².